The first-order valence-electron chi connectivity index (χ1n) is 13.3. The van der Waals surface area contributed by atoms with E-state index in [0.29, 0.717) is 46.2 Å². The number of rotatable bonds is 11. The van der Waals surface area contributed by atoms with Crippen LogP contribution in [0.25, 0.3) is 6.08 Å². The Labute approximate surface area is 251 Å². The molecule has 11 heteroatoms. The van der Waals surface area contributed by atoms with E-state index in [1.807, 2.05) is 39.0 Å². The summed E-state index contributed by atoms with van der Waals surface area (Å²) in [5.74, 6) is -0.694. The van der Waals surface area contributed by atoms with E-state index in [9.17, 15) is 19.2 Å². The molecule has 1 saturated heterocycles. The van der Waals surface area contributed by atoms with Crippen LogP contribution in [0.5, 0.6) is 17.2 Å². The molecule has 42 heavy (non-hydrogen) atoms. The molecule has 218 valence electrons. The zero-order valence-corrected chi connectivity index (χ0v) is 24.9. The SMILES string of the molecule is CCCOc1ccc(N2C(=O)NC(=O)/C(=C\c3ccc(OCC(=O)Nc4cccc(C)c4)c(Br)c3)C2=O)cc1OCC. The molecule has 0 atom stereocenters. The molecular weight excluding hydrogens is 606 g/mol. The predicted octanol–water partition coefficient (Wildman–Crippen LogP) is 5.63. The molecule has 0 aliphatic carbocycles. The molecule has 4 rings (SSSR count). The van der Waals surface area contributed by atoms with Gasteiger partial charge in [-0.15, -0.1) is 0 Å². The molecule has 3 aromatic rings. The number of hydrogen-bond donors (Lipinski definition) is 2. The second-order valence-corrected chi connectivity index (χ2v) is 10.1. The Balaban J connectivity index is 1.50. The van der Waals surface area contributed by atoms with E-state index in [4.69, 9.17) is 14.2 Å². The fourth-order valence-electron chi connectivity index (χ4n) is 4.08. The average Bonchev–Trinajstić information content (AvgIpc) is 2.94. The summed E-state index contributed by atoms with van der Waals surface area (Å²) >= 11 is 3.41. The standard InChI is InChI=1S/C31H30BrN3O7/c1-4-13-41-26-12-10-22(17-27(26)40-5-2)35-30(38)23(29(37)34-31(35)39)15-20-9-11-25(24(32)16-20)42-18-28(36)33-21-8-6-7-19(3)14-21/h6-12,14-17H,4-5,13,18H2,1-3H3,(H,33,36)(H,34,37,39)/b23-15+. The molecule has 1 fully saturated rings. The Morgan fingerprint density at radius 2 is 1.74 bits per heavy atom. The first kappa shape index (κ1) is 30.3. The van der Waals surface area contributed by atoms with Crippen molar-refractivity contribution in [1.82, 2.24) is 5.32 Å². The van der Waals surface area contributed by atoms with Gasteiger partial charge < -0.3 is 19.5 Å². The monoisotopic (exact) mass is 635 g/mol. The van der Waals surface area contributed by atoms with Crippen LogP contribution in [0.15, 0.2) is 70.7 Å². The van der Waals surface area contributed by atoms with Crippen molar-refractivity contribution in [3.05, 3.63) is 81.8 Å². The number of carbonyl (C=O) groups is 4. The fourth-order valence-corrected chi connectivity index (χ4v) is 4.59. The number of halogens is 1. The van der Waals surface area contributed by atoms with Crippen LogP contribution in [0.2, 0.25) is 0 Å². The van der Waals surface area contributed by atoms with E-state index in [1.54, 1.807) is 36.4 Å². The third-order valence-corrected chi connectivity index (χ3v) is 6.60. The number of imide groups is 2. The minimum Gasteiger partial charge on any atom is -0.490 e. The minimum absolute atomic E-state index is 0.220. The Morgan fingerprint density at radius 3 is 2.45 bits per heavy atom. The van der Waals surface area contributed by atoms with Gasteiger partial charge in [-0.1, -0.05) is 25.1 Å². The van der Waals surface area contributed by atoms with Crippen molar-refractivity contribution in [2.24, 2.45) is 0 Å². The Morgan fingerprint density at radius 1 is 0.952 bits per heavy atom. The molecule has 0 saturated carbocycles. The molecule has 1 aliphatic heterocycles. The van der Waals surface area contributed by atoms with Crippen molar-refractivity contribution < 1.29 is 33.4 Å². The maximum Gasteiger partial charge on any atom is 0.335 e. The van der Waals surface area contributed by atoms with Gasteiger partial charge >= 0.3 is 6.03 Å². The number of ether oxygens (including phenoxy) is 3. The lowest BCUT2D eigenvalue weighted by Gasteiger charge is -2.27. The maximum absolute atomic E-state index is 13.4. The summed E-state index contributed by atoms with van der Waals surface area (Å²) in [6.07, 6.45) is 2.17. The Kier molecular flexibility index (Phi) is 9.98. The molecule has 0 aromatic heterocycles. The number of carbonyl (C=O) groups excluding carboxylic acids is 4. The van der Waals surface area contributed by atoms with Crippen molar-refractivity contribution >= 4 is 57.1 Å². The van der Waals surface area contributed by atoms with E-state index >= 15 is 0 Å². The quantitative estimate of drug-likeness (QED) is 0.207. The van der Waals surface area contributed by atoms with Crippen LogP contribution in [-0.2, 0) is 14.4 Å². The number of aryl methyl sites for hydroxylation is 1. The summed E-state index contributed by atoms with van der Waals surface area (Å²) in [5.41, 5.74) is 2.16. The lowest BCUT2D eigenvalue weighted by atomic mass is 10.1. The molecule has 10 nitrogen and oxygen atoms in total. The summed E-state index contributed by atoms with van der Waals surface area (Å²) in [6, 6.07) is 16.1. The number of urea groups is 1. The van der Waals surface area contributed by atoms with Gasteiger partial charge in [0, 0.05) is 11.8 Å². The van der Waals surface area contributed by atoms with Gasteiger partial charge in [0.2, 0.25) is 0 Å². The minimum atomic E-state index is -0.874. The van der Waals surface area contributed by atoms with Crippen LogP contribution in [0.4, 0.5) is 16.2 Å². The van der Waals surface area contributed by atoms with Gasteiger partial charge in [0.1, 0.15) is 11.3 Å². The highest BCUT2D eigenvalue weighted by Crippen LogP contribution is 2.34. The average molecular weight is 636 g/mol. The predicted molar refractivity (Wildman–Crippen MR) is 162 cm³/mol. The van der Waals surface area contributed by atoms with Crippen molar-refractivity contribution in [2.45, 2.75) is 27.2 Å². The number of hydrogen-bond acceptors (Lipinski definition) is 7. The second-order valence-electron chi connectivity index (χ2n) is 9.27. The fraction of sp³-hybridized carbons (Fsp3) is 0.226. The third-order valence-electron chi connectivity index (χ3n) is 5.98. The summed E-state index contributed by atoms with van der Waals surface area (Å²) in [4.78, 5) is 52.0. The lowest BCUT2D eigenvalue weighted by molar-refractivity contribution is -0.122. The van der Waals surface area contributed by atoms with Crippen molar-refractivity contribution in [1.29, 1.82) is 0 Å². The molecule has 1 heterocycles. The number of nitrogens with one attached hydrogen (secondary N) is 2. The van der Waals surface area contributed by atoms with E-state index in [0.717, 1.165) is 16.9 Å². The summed E-state index contributed by atoms with van der Waals surface area (Å²) in [6.45, 7) is 6.31. The molecule has 0 spiro atoms. The highest BCUT2D eigenvalue weighted by atomic mass is 79.9. The maximum atomic E-state index is 13.4. The van der Waals surface area contributed by atoms with E-state index in [-0.39, 0.29) is 23.8 Å². The van der Waals surface area contributed by atoms with Gasteiger partial charge in [0.25, 0.3) is 17.7 Å². The normalized spacial score (nSPS) is 14.0. The number of benzene rings is 3. The van der Waals surface area contributed by atoms with Crippen molar-refractivity contribution in [3.8, 4) is 17.2 Å². The largest absolute Gasteiger partial charge is 0.490 e. The number of barbiturate groups is 1. The zero-order chi connectivity index (χ0) is 30.2. The van der Waals surface area contributed by atoms with Crippen LogP contribution in [0, 0.1) is 6.92 Å². The number of anilines is 2. The van der Waals surface area contributed by atoms with E-state index < -0.39 is 17.8 Å². The highest BCUT2D eigenvalue weighted by molar-refractivity contribution is 9.10. The molecule has 1 aliphatic rings. The molecule has 0 bridgehead atoms. The lowest BCUT2D eigenvalue weighted by Crippen LogP contribution is -2.54. The summed E-state index contributed by atoms with van der Waals surface area (Å²) < 4.78 is 17.5. The molecule has 0 unspecified atom stereocenters. The van der Waals surface area contributed by atoms with Gasteiger partial charge in [0.05, 0.1) is 23.4 Å². The molecular formula is C31H30BrN3O7. The van der Waals surface area contributed by atoms with Crippen LogP contribution in [-0.4, -0.2) is 43.6 Å². The molecule has 5 amide bonds. The van der Waals surface area contributed by atoms with Crippen LogP contribution in [0.3, 0.4) is 0 Å². The Bertz CT molecular complexity index is 1550. The third kappa shape index (κ3) is 7.35. The Hall–Kier alpha value is -4.64. The zero-order valence-electron chi connectivity index (χ0n) is 23.4. The van der Waals surface area contributed by atoms with Gasteiger partial charge in [0.15, 0.2) is 18.1 Å². The van der Waals surface area contributed by atoms with E-state index in [1.165, 1.54) is 12.1 Å². The second kappa shape index (κ2) is 13.8. The van der Waals surface area contributed by atoms with Crippen molar-refractivity contribution in [2.75, 3.05) is 30.0 Å². The highest BCUT2D eigenvalue weighted by Gasteiger charge is 2.37. The first-order valence-corrected chi connectivity index (χ1v) is 14.1. The van der Waals surface area contributed by atoms with Gasteiger partial charge in [-0.2, -0.15) is 0 Å². The van der Waals surface area contributed by atoms with Gasteiger partial charge in [-0.05, 0) is 89.8 Å². The first-order chi connectivity index (χ1) is 20.2. The molecule has 0 radical (unpaired) electrons. The summed E-state index contributed by atoms with van der Waals surface area (Å²) in [7, 11) is 0. The van der Waals surface area contributed by atoms with E-state index in [2.05, 4.69) is 26.6 Å². The smallest absolute Gasteiger partial charge is 0.335 e. The van der Waals surface area contributed by atoms with Gasteiger partial charge in [-0.3, -0.25) is 19.7 Å². The van der Waals surface area contributed by atoms with Crippen LogP contribution in [0.1, 0.15) is 31.4 Å². The summed E-state index contributed by atoms with van der Waals surface area (Å²) in [5, 5.41) is 4.99. The van der Waals surface area contributed by atoms with Crippen molar-refractivity contribution in [3.63, 3.8) is 0 Å². The van der Waals surface area contributed by atoms with Gasteiger partial charge in [-0.25, -0.2) is 9.69 Å². The van der Waals surface area contributed by atoms with Crippen LogP contribution < -0.4 is 29.7 Å². The van der Waals surface area contributed by atoms with Crippen LogP contribution >= 0.6 is 15.9 Å². The molecule has 2 N–H and O–H groups in total. The molecule has 3 aromatic carbocycles. The topological polar surface area (TPSA) is 123 Å². The number of amides is 5. The number of nitrogens with zero attached hydrogens (tertiary/aromatic N) is 1.